The van der Waals surface area contributed by atoms with Crippen LogP contribution in [0, 0.1) is 5.82 Å². The number of benzene rings is 1. The Bertz CT molecular complexity index is 747. The third-order valence-electron chi connectivity index (χ3n) is 2.99. The number of hydrogen-bond donors (Lipinski definition) is 0. The molecule has 0 fully saturated rings. The van der Waals surface area contributed by atoms with Crippen LogP contribution in [0.4, 0.5) is 4.39 Å². The third kappa shape index (κ3) is 3.78. The molecule has 0 spiro atoms. The first-order valence-electron chi connectivity index (χ1n) is 6.00. The number of nitrogens with zero attached hydrogens (tertiary/aromatic N) is 4. The molecule has 1 heterocycles. The molecule has 0 aliphatic heterocycles. The van der Waals surface area contributed by atoms with E-state index in [0.717, 1.165) is 10.4 Å². The lowest BCUT2D eigenvalue weighted by Crippen LogP contribution is -2.29. The molecule has 0 aliphatic rings. The van der Waals surface area contributed by atoms with E-state index in [4.69, 9.17) is 11.6 Å². The molecule has 21 heavy (non-hydrogen) atoms. The van der Waals surface area contributed by atoms with Gasteiger partial charge in [-0.15, -0.1) is 0 Å². The van der Waals surface area contributed by atoms with Crippen molar-refractivity contribution < 1.29 is 12.8 Å². The molecule has 0 saturated heterocycles. The van der Waals surface area contributed by atoms with Crippen molar-refractivity contribution in [2.24, 2.45) is 7.05 Å². The molecule has 0 aliphatic carbocycles. The zero-order valence-corrected chi connectivity index (χ0v) is 13.1. The normalized spacial score (nSPS) is 12.0. The quantitative estimate of drug-likeness (QED) is 0.833. The molecule has 6 nitrogen and oxygen atoms in total. The van der Waals surface area contributed by atoms with E-state index in [1.165, 1.54) is 30.2 Å². The van der Waals surface area contributed by atoms with E-state index >= 15 is 0 Å². The van der Waals surface area contributed by atoms with Gasteiger partial charge in [0.2, 0.25) is 10.0 Å². The number of aryl methyl sites for hydroxylation is 1. The standard InChI is InChI=1S/C12H14ClFN4O2S/c1-17(6-12-15-8-16-18(12)2)21(19,20)7-9-5-10(13)3-4-11(9)14/h3-5,8H,6-7H2,1-2H3. The molecule has 0 unspecified atom stereocenters. The van der Waals surface area contributed by atoms with Crippen LogP contribution in [0.15, 0.2) is 24.5 Å². The summed E-state index contributed by atoms with van der Waals surface area (Å²) >= 11 is 5.76. The van der Waals surface area contributed by atoms with Crippen molar-refractivity contribution in [1.82, 2.24) is 19.1 Å². The van der Waals surface area contributed by atoms with Crippen LogP contribution in [-0.4, -0.2) is 34.5 Å². The highest BCUT2D eigenvalue weighted by molar-refractivity contribution is 7.88. The van der Waals surface area contributed by atoms with E-state index < -0.39 is 21.6 Å². The minimum absolute atomic E-state index is 0.0346. The maximum Gasteiger partial charge on any atom is 0.218 e. The lowest BCUT2D eigenvalue weighted by Gasteiger charge is -2.16. The van der Waals surface area contributed by atoms with Gasteiger partial charge in [-0.3, -0.25) is 4.68 Å². The molecule has 2 aromatic rings. The number of hydrogen-bond acceptors (Lipinski definition) is 4. The van der Waals surface area contributed by atoms with Crippen LogP contribution in [0.25, 0.3) is 0 Å². The predicted molar refractivity (Wildman–Crippen MR) is 76.5 cm³/mol. The molecule has 1 aromatic carbocycles. The fraction of sp³-hybridized carbons (Fsp3) is 0.333. The monoisotopic (exact) mass is 332 g/mol. The Labute approximate surface area is 127 Å². The molecular formula is C12H14ClFN4O2S. The highest BCUT2D eigenvalue weighted by Crippen LogP contribution is 2.19. The molecule has 0 N–H and O–H groups in total. The van der Waals surface area contributed by atoms with E-state index in [-0.39, 0.29) is 17.1 Å². The van der Waals surface area contributed by atoms with Crippen molar-refractivity contribution in [1.29, 1.82) is 0 Å². The van der Waals surface area contributed by atoms with Gasteiger partial charge in [-0.05, 0) is 18.2 Å². The molecule has 1 aromatic heterocycles. The van der Waals surface area contributed by atoms with Crippen molar-refractivity contribution in [2.75, 3.05) is 7.05 Å². The van der Waals surface area contributed by atoms with E-state index in [1.807, 2.05) is 0 Å². The topological polar surface area (TPSA) is 68.1 Å². The molecule has 2 rings (SSSR count). The number of halogens is 2. The van der Waals surface area contributed by atoms with Crippen molar-refractivity contribution in [2.45, 2.75) is 12.3 Å². The van der Waals surface area contributed by atoms with Gasteiger partial charge in [0.25, 0.3) is 0 Å². The average molecular weight is 333 g/mol. The summed E-state index contributed by atoms with van der Waals surface area (Å²) in [4.78, 5) is 3.96. The van der Waals surface area contributed by atoms with Crippen LogP contribution < -0.4 is 0 Å². The van der Waals surface area contributed by atoms with Gasteiger partial charge in [0.15, 0.2) is 0 Å². The zero-order valence-electron chi connectivity index (χ0n) is 11.5. The van der Waals surface area contributed by atoms with Gasteiger partial charge >= 0.3 is 0 Å². The van der Waals surface area contributed by atoms with Crippen LogP contribution in [0.2, 0.25) is 5.02 Å². The molecular weight excluding hydrogens is 319 g/mol. The maximum atomic E-state index is 13.6. The van der Waals surface area contributed by atoms with Gasteiger partial charge in [-0.1, -0.05) is 11.6 Å². The molecule has 0 saturated carbocycles. The summed E-state index contributed by atoms with van der Waals surface area (Å²) in [6.07, 6.45) is 1.34. The summed E-state index contributed by atoms with van der Waals surface area (Å²) < 4.78 is 40.7. The number of sulfonamides is 1. The van der Waals surface area contributed by atoms with Crippen molar-refractivity contribution in [3.63, 3.8) is 0 Å². The largest absolute Gasteiger partial charge is 0.252 e. The Morgan fingerprint density at radius 3 is 2.76 bits per heavy atom. The van der Waals surface area contributed by atoms with Crippen LogP contribution in [-0.2, 0) is 29.4 Å². The van der Waals surface area contributed by atoms with E-state index in [9.17, 15) is 12.8 Å². The lowest BCUT2D eigenvalue weighted by molar-refractivity contribution is 0.446. The molecule has 0 bridgehead atoms. The van der Waals surface area contributed by atoms with Crippen LogP contribution in [0.1, 0.15) is 11.4 Å². The summed E-state index contributed by atoms with van der Waals surface area (Å²) in [5.41, 5.74) is 0.0346. The molecule has 0 atom stereocenters. The molecule has 114 valence electrons. The minimum Gasteiger partial charge on any atom is -0.252 e. The second kappa shape index (κ2) is 6.08. The summed E-state index contributed by atoms with van der Waals surface area (Å²) in [6.45, 7) is 0.0566. The van der Waals surface area contributed by atoms with Gasteiger partial charge in [0.1, 0.15) is 18.0 Å². The van der Waals surface area contributed by atoms with Crippen LogP contribution >= 0.6 is 11.6 Å². The predicted octanol–water partition coefficient (Wildman–Crippen LogP) is 1.57. The Morgan fingerprint density at radius 1 is 1.43 bits per heavy atom. The van der Waals surface area contributed by atoms with Gasteiger partial charge in [-0.25, -0.2) is 17.8 Å². The molecule has 0 radical (unpaired) electrons. The lowest BCUT2D eigenvalue weighted by atomic mass is 10.2. The minimum atomic E-state index is -3.69. The summed E-state index contributed by atoms with van der Waals surface area (Å²) in [5.74, 6) is -0.573. The third-order valence-corrected chi connectivity index (χ3v) is 4.98. The fourth-order valence-electron chi connectivity index (χ4n) is 1.72. The van der Waals surface area contributed by atoms with E-state index in [2.05, 4.69) is 10.1 Å². The second-order valence-electron chi connectivity index (χ2n) is 4.55. The van der Waals surface area contributed by atoms with E-state index in [1.54, 1.807) is 7.05 Å². The highest BCUT2D eigenvalue weighted by atomic mass is 35.5. The Balaban J connectivity index is 2.18. The number of rotatable bonds is 5. The zero-order chi connectivity index (χ0) is 15.6. The Kier molecular flexibility index (Phi) is 4.60. The second-order valence-corrected chi connectivity index (χ2v) is 7.06. The first-order valence-corrected chi connectivity index (χ1v) is 7.99. The number of aromatic nitrogens is 3. The maximum absolute atomic E-state index is 13.6. The summed E-state index contributed by atoms with van der Waals surface area (Å²) in [7, 11) is -0.617. The first kappa shape index (κ1) is 15.9. The van der Waals surface area contributed by atoms with E-state index in [0.29, 0.717) is 5.82 Å². The van der Waals surface area contributed by atoms with Gasteiger partial charge in [0.05, 0.1) is 12.3 Å². The highest BCUT2D eigenvalue weighted by Gasteiger charge is 2.22. The first-order chi connectivity index (χ1) is 9.79. The molecule has 9 heteroatoms. The summed E-state index contributed by atoms with van der Waals surface area (Å²) in [5, 5.41) is 4.16. The van der Waals surface area contributed by atoms with Gasteiger partial charge in [0, 0.05) is 24.7 Å². The molecule has 0 amide bonds. The Hall–Kier alpha value is -1.51. The van der Waals surface area contributed by atoms with Crippen molar-refractivity contribution in [3.8, 4) is 0 Å². The fourth-order valence-corrected chi connectivity index (χ4v) is 3.06. The smallest absolute Gasteiger partial charge is 0.218 e. The van der Waals surface area contributed by atoms with Gasteiger partial charge < -0.3 is 0 Å². The van der Waals surface area contributed by atoms with Crippen molar-refractivity contribution >= 4 is 21.6 Å². The Morgan fingerprint density at radius 2 is 2.14 bits per heavy atom. The van der Waals surface area contributed by atoms with Crippen molar-refractivity contribution in [3.05, 3.63) is 46.8 Å². The van der Waals surface area contributed by atoms with Crippen LogP contribution in [0.5, 0.6) is 0 Å². The van der Waals surface area contributed by atoms with Gasteiger partial charge in [-0.2, -0.15) is 9.40 Å². The SMILES string of the molecule is CN(Cc1ncnn1C)S(=O)(=O)Cc1cc(Cl)ccc1F. The summed E-state index contributed by atoms with van der Waals surface area (Å²) in [6, 6.07) is 3.83. The van der Waals surface area contributed by atoms with Crippen LogP contribution in [0.3, 0.4) is 0 Å². The average Bonchev–Trinajstić information content (AvgIpc) is 2.79.